The molecule has 0 bridgehead atoms. The monoisotopic (exact) mass is 368 g/mol. The Balaban J connectivity index is 2.22. The number of carbonyl (C=O) groups excluding carboxylic acids is 1. The lowest BCUT2D eigenvalue weighted by Gasteiger charge is -2.33. The van der Waals surface area contributed by atoms with Crippen molar-refractivity contribution in [1.29, 1.82) is 0 Å². The van der Waals surface area contributed by atoms with E-state index >= 15 is 0 Å². The summed E-state index contributed by atoms with van der Waals surface area (Å²) < 4.78 is 32.6. The number of benzene rings is 1. The molecule has 1 aliphatic heterocycles. The van der Waals surface area contributed by atoms with Gasteiger partial charge in [-0.05, 0) is 57.4 Å². The van der Waals surface area contributed by atoms with Crippen molar-refractivity contribution < 1.29 is 17.9 Å². The van der Waals surface area contributed by atoms with E-state index in [1.165, 1.54) is 4.31 Å². The third kappa shape index (κ3) is 4.15. The summed E-state index contributed by atoms with van der Waals surface area (Å²) in [6.45, 7) is 7.71. The van der Waals surface area contributed by atoms with Crippen molar-refractivity contribution >= 4 is 15.9 Å². The summed E-state index contributed by atoms with van der Waals surface area (Å²) in [5.41, 5.74) is 0.774. The average molecular weight is 368 g/mol. The van der Waals surface area contributed by atoms with Gasteiger partial charge in [-0.2, -0.15) is 4.31 Å². The third-order valence-corrected chi connectivity index (χ3v) is 6.67. The van der Waals surface area contributed by atoms with Gasteiger partial charge < -0.3 is 9.64 Å². The van der Waals surface area contributed by atoms with Crippen molar-refractivity contribution in [3.8, 4) is 5.75 Å². The molecule has 2 rings (SSSR count). The van der Waals surface area contributed by atoms with Crippen LogP contribution in [0.4, 0.5) is 0 Å². The highest BCUT2D eigenvalue weighted by Crippen LogP contribution is 2.27. The van der Waals surface area contributed by atoms with Gasteiger partial charge in [-0.3, -0.25) is 4.79 Å². The lowest BCUT2D eigenvalue weighted by atomic mass is 9.98. The minimum atomic E-state index is -3.61. The summed E-state index contributed by atoms with van der Waals surface area (Å²) in [6.07, 6.45) is 1.44. The number of hydrogen-bond acceptors (Lipinski definition) is 4. The highest BCUT2D eigenvalue weighted by atomic mass is 32.2. The van der Waals surface area contributed by atoms with Gasteiger partial charge in [-0.1, -0.05) is 0 Å². The number of nitrogens with zero attached hydrogens (tertiary/aromatic N) is 2. The molecular weight excluding hydrogens is 340 g/mol. The van der Waals surface area contributed by atoms with Crippen molar-refractivity contribution in [1.82, 2.24) is 9.21 Å². The van der Waals surface area contributed by atoms with Gasteiger partial charge in [-0.25, -0.2) is 8.42 Å². The molecule has 25 heavy (non-hydrogen) atoms. The molecule has 1 aliphatic rings. The molecule has 1 aromatic carbocycles. The molecule has 0 aromatic heterocycles. The zero-order chi connectivity index (χ0) is 18.6. The maximum atomic E-state index is 13.0. The predicted molar refractivity (Wildman–Crippen MR) is 97.1 cm³/mol. The van der Waals surface area contributed by atoms with E-state index in [1.54, 1.807) is 30.2 Å². The van der Waals surface area contributed by atoms with Crippen LogP contribution in [0.15, 0.2) is 23.1 Å². The lowest BCUT2D eigenvalue weighted by molar-refractivity contribution is -0.136. The molecule has 1 saturated heterocycles. The number of piperidine rings is 1. The highest BCUT2D eigenvalue weighted by Gasteiger charge is 2.34. The first kappa shape index (κ1) is 19.7. The Morgan fingerprint density at radius 2 is 2.00 bits per heavy atom. The number of ether oxygens (including phenoxy) is 1. The van der Waals surface area contributed by atoms with Gasteiger partial charge in [-0.15, -0.1) is 0 Å². The second-order valence-electron chi connectivity index (χ2n) is 6.34. The smallest absolute Gasteiger partial charge is 0.243 e. The van der Waals surface area contributed by atoms with E-state index in [4.69, 9.17) is 4.74 Å². The van der Waals surface area contributed by atoms with Gasteiger partial charge in [0.2, 0.25) is 15.9 Å². The van der Waals surface area contributed by atoms with Gasteiger partial charge in [0.1, 0.15) is 5.75 Å². The standard InChI is InChI=1S/C18H28N2O4S/c1-5-19(6-2)18(21)15-8-7-11-20(13-15)25(22,23)16-9-10-17(24-4)14(3)12-16/h9-10,12,15H,5-8,11,13H2,1-4H3. The van der Waals surface area contributed by atoms with Crippen LogP contribution in [0.5, 0.6) is 5.75 Å². The minimum Gasteiger partial charge on any atom is -0.496 e. The Kier molecular flexibility index (Phi) is 6.46. The molecule has 0 radical (unpaired) electrons. The zero-order valence-corrected chi connectivity index (χ0v) is 16.3. The molecule has 1 fully saturated rings. The molecule has 0 aliphatic carbocycles. The topological polar surface area (TPSA) is 66.9 Å². The molecular formula is C18H28N2O4S. The van der Waals surface area contributed by atoms with Crippen LogP contribution >= 0.6 is 0 Å². The largest absolute Gasteiger partial charge is 0.496 e. The zero-order valence-electron chi connectivity index (χ0n) is 15.5. The van der Waals surface area contributed by atoms with Crippen molar-refractivity contribution in [2.45, 2.75) is 38.5 Å². The quantitative estimate of drug-likeness (QED) is 0.773. The van der Waals surface area contributed by atoms with Crippen LogP contribution in [-0.2, 0) is 14.8 Å². The summed E-state index contributed by atoms with van der Waals surface area (Å²) >= 11 is 0. The van der Waals surface area contributed by atoms with E-state index in [1.807, 2.05) is 20.8 Å². The lowest BCUT2D eigenvalue weighted by Crippen LogP contribution is -2.46. The van der Waals surface area contributed by atoms with E-state index in [-0.39, 0.29) is 23.3 Å². The minimum absolute atomic E-state index is 0.0517. The summed E-state index contributed by atoms with van der Waals surface area (Å²) in [5, 5.41) is 0. The van der Waals surface area contributed by atoms with E-state index < -0.39 is 10.0 Å². The van der Waals surface area contributed by atoms with Crippen LogP contribution in [0.2, 0.25) is 0 Å². The Morgan fingerprint density at radius 3 is 2.56 bits per heavy atom. The summed E-state index contributed by atoms with van der Waals surface area (Å²) in [7, 11) is -2.05. The van der Waals surface area contributed by atoms with Crippen LogP contribution in [0, 0.1) is 12.8 Å². The molecule has 0 saturated carbocycles. The molecule has 1 unspecified atom stereocenters. The number of rotatable bonds is 6. The van der Waals surface area contributed by atoms with Crippen molar-refractivity contribution in [3.05, 3.63) is 23.8 Å². The molecule has 1 atom stereocenters. The van der Waals surface area contributed by atoms with E-state index in [0.717, 1.165) is 12.0 Å². The van der Waals surface area contributed by atoms with E-state index in [0.29, 0.717) is 31.8 Å². The number of amides is 1. The summed E-state index contributed by atoms with van der Waals surface area (Å²) in [4.78, 5) is 14.6. The summed E-state index contributed by atoms with van der Waals surface area (Å²) in [5.74, 6) is 0.450. The Hall–Kier alpha value is -1.60. The van der Waals surface area contributed by atoms with Crippen molar-refractivity contribution in [2.24, 2.45) is 5.92 Å². The normalized spacial score (nSPS) is 18.8. The van der Waals surface area contributed by atoms with Crippen LogP contribution in [0.1, 0.15) is 32.3 Å². The fourth-order valence-electron chi connectivity index (χ4n) is 3.32. The van der Waals surface area contributed by atoms with Crippen LogP contribution < -0.4 is 4.74 Å². The first-order valence-corrected chi connectivity index (χ1v) is 10.2. The second kappa shape index (κ2) is 8.19. The molecule has 0 spiro atoms. The van der Waals surface area contributed by atoms with Crippen molar-refractivity contribution in [2.75, 3.05) is 33.3 Å². The first-order chi connectivity index (χ1) is 11.8. The maximum absolute atomic E-state index is 13.0. The van der Waals surface area contributed by atoms with Gasteiger partial charge in [0, 0.05) is 26.2 Å². The van der Waals surface area contributed by atoms with Gasteiger partial charge in [0.25, 0.3) is 0 Å². The van der Waals surface area contributed by atoms with Crippen molar-refractivity contribution in [3.63, 3.8) is 0 Å². The SMILES string of the molecule is CCN(CC)C(=O)C1CCCN(S(=O)(=O)c2ccc(OC)c(C)c2)C1. The van der Waals surface area contributed by atoms with Crippen LogP contribution in [0.3, 0.4) is 0 Å². The van der Waals surface area contributed by atoms with E-state index in [9.17, 15) is 13.2 Å². The first-order valence-electron chi connectivity index (χ1n) is 8.78. The number of carbonyl (C=O) groups is 1. The fraction of sp³-hybridized carbons (Fsp3) is 0.611. The maximum Gasteiger partial charge on any atom is 0.243 e. The van der Waals surface area contributed by atoms with Gasteiger partial charge in [0.15, 0.2) is 0 Å². The molecule has 140 valence electrons. The van der Waals surface area contributed by atoms with Gasteiger partial charge >= 0.3 is 0 Å². The number of methoxy groups -OCH3 is 1. The molecule has 1 aromatic rings. The summed E-state index contributed by atoms with van der Waals surface area (Å²) in [6, 6.07) is 4.87. The Bertz CT molecular complexity index is 714. The average Bonchev–Trinajstić information content (AvgIpc) is 2.62. The molecule has 1 heterocycles. The predicted octanol–water partition coefficient (Wildman–Crippen LogP) is 2.27. The molecule has 0 N–H and O–H groups in total. The highest BCUT2D eigenvalue weighted by molar-refractivity contribution is 7.89. The second-order valence-corrected chi connectivity index (χ2v) is 8.28. The third-order valence-electron chi connectivity index (χ3n) is 4.81. The Morgan fingerprint density at radius 1 is 1.32 bits per heavy atom. The van der Waals surface area contributed by atoms with Crippen LogP contribution in [-0.4, -0.2) is 56.8 Å². The number of aryl methyl sites for hydroxylation is 1. The fourth-order valence-corrected chi connectivity index (χ4v) is 4.93. The number of hydrogen-bond donors (Lipinski definition) is 0. The Labute approximate surface area is 150 Å². The molecule has 1 amide bonds. The van der Waals surface area contributed by atoms with Gasteiger partial charge in [0.05, 0.1) is 17.9 Å². The number of sulfonamides is 1. The molecule has 6 nitrogen and oxygen atoms in total. The molecule has 7 heteroatoms. The van der Waals surface area contributed by atoms with E-state index in [2.05, 4.69) is 0 Å². The van der Waals surface area contributed by atoms with Crippen LogP contribution in [0.25, 0.3) is 0 Å².